The van der Waals surface area contributed by atoms with Crippen LogP contribution in [0.4, 0.5) is 5.69 Å². The first-order valence-corrected chi connectivity index (χ1v) is 5.07. The molecule has 2 N–H and O–H groups in total. The lowest BCUT2D eigenvalue weighted by Gasteiger charge is -1.96. The van der Waals surface area contributed by atoms with Gasteiger partial charge in [-0.1, -0.05) is 12.1 Å². The molecule has 0 saturated carbocycles. The molecule has 0 aliphatic carbocycles. The van der Waals surface area contributed by atoms with Gasteiger partial charge < -0.3 is 5.73 Å². The van der Waals surface area contributed by atoms with Gasteiger partial charge in [0.25, 0.3) is 0 Å². The van der Waals surface area contributed by atoms with Crippen LogP contribution in [0.1, 0.15) is 6.92 Å². The molecule has 0 bridgehead atoms. The molecule has 0 radical (unpaired) electrons. The molecule has 1 unspecified atom stereocenters. The molecule has 0 fully saturated rings. The van der Waals surface area contributed by atoms with E-state index in [0.717, 1.165) is 0 Å². The van der Waals surface area contributed by atoms with Crippen molar-refractivity contribution in [2.24, 2.45) is 0 Å². The number of anilines is 1. The second kappa shape index (κ2) is 4.07. The molecule has 1 aromatic carbocycles. The van der Waals surface area contributed by atoms with Crippen LogP contribution in [-0.4, -0.2) is 6.16 Å². The van der Waals surface area contributed by atoms with Crippen LogP contribution in [0.5, 0.6) is 5.75 Å². The molecule has 0 amide bonds. The lowest BCUT2D eigenvalue weighted by atomic mass is 10.3. The zero-order valence-corrected chi connectivity index (χ0v) is 7.75. The van der Waals surface area contributed by atoms with Crippen molar-refractivity contribution in [3.8, 4) is 5.75 Å². The number of rotatable bonds is 3. The maximum atomic E-state index is 11.0. The molecule has 0 aliphatic rings. The van der Waals surface area contributed by atoms with Crippen LogP contribution in [-0.2, 0) is 4.57 Å². The van der Waals surface area contributed by atoms with Gasteiger partial charge in [-0.2, -0.15) is 0 Å². The summed E-state index contributed by atoms with van der Waals surface area (Å²) in [5.74, 6) is 0.500. The highest BCUT2D eigenvalue weighted by Gasteiger charge is 2.16. The maximum Gasteiger partial charge on any atom is 0.555 e. The number of hydrogen-bond acceptors (Lipinski definition) is 3. The minimum absolute atomic E-state index is 0.500. The van der Waals surface area contributed by atoms with E-state index in [9.17, 15) is 4.57 Å². The molecular weight excluding hydrogens is 173 g/mol. The van der Waals surface area contributed by atoms with Crippen LogP contribution in [0.15, 0.2) is 24.3 Å². The highest BCUT2D eigenvalue weighted by Crippen LogP contribution is 2.30. The number of nitrogens with two attached hydrogens (primary N) is 1. The van der Waals surface area contributed by atoms with Crippen LogP contribution in [0.3, 0.4) is 0 Å². The van der Waals surface area contributed by atoms with E-state index in [2.05, 4.69) is 0 Å². The summed E-state index contributed by atoms with van der Waals surface area (Å²) in [7, 11) is -1.60. The number of benzene rings is 1. The van der Waals surface area contributed by atoms with Crippen LogP contribution < -0.4 is 10.3 Å². The average molecular weight is 184 g/mol. The van der Waals surface area contributed by atoms with Gasteiger partial charge in [-0.25, -0.2) is 0 Å². The van der Waals surface area contributed by atoms with Crippen LogP contribution in [0.2, 0.25) is 0 Å². The molecule has 0 heterocycles. The first kappa shape index (κ1) is 9.01. The van der Waals surface area contributed by atoms with Crippen molar-refractivity contribution < 1.29 is 9.09 Å². The van der Waals surface area contributed by atoms with E-state index in [-0.39, 0.29) is 0 Å². The predicted octanol–water partition coefficient (Wildman–Crippen LogP) is 2.41. The van der Waals surface area contributed by atoms with Gasteiger partial charge in [-0.15, -0.1) is 0 Å². The normalized spacial score (nSPS) is 10.9. The summed E-state index contributed by atoms with van der Waals surface area (Å²) < 4.78 is 16.1. The Labute approximate surface area is 72.4 Å². The molecule has 1 rings (SSSR count). The number of nitrogen functional groups attached to an aromatic ring is 1. The molecule has 0 aromatic heterocycles. The topological polar surface area (TPSA) is 52.3 Å². The standard InChI is InChI=1S/C8H11NO2P/c1-2-12(10)11-8-6-4-3-5-7(8)9/h3-6H,2,9H2,1H3/q+1. The molecule has 0 aliphatic heterocycles. The van der Waals surface area contributed by atoms with Crippen molar-refractivity contribution in [2.75, 3.05) is 11.9 Å². The van der Waals surface area contributed by atoms with Gasteiger partial charge in [0.15, 0.2) is 6.16 Å². The summed E-state index contributed by atoms with van der Waals surface area (Å²) >= 11 is 0. The fourth-order valence-electron chi connectivity index (χ4n) is 0.738. The SMILES string of the molecule is CC[P+](=O)Oc1ccccc1N. The molecular formula is C8H11NO2P+. The molecule has 4 heteroatoms. The van der Waals surface area contributed by atoms with Crippen molar-refractivity contribution >= 4 is 13.7 Å². The molecule has 1 atom stereocenters. The fourth-order valence-corrected chi connectivity index (χ4v) is 1.25. The summed E-state index contributed by atoms with van der Waals surface area (Å²) in [6, 6.07) is 7.03. The number of para-hydroxylation sites is 2. The van der Waals surface area contributed by atoms with Gasteiger partial charge in [0, 0.05) is 0 Å². The van der Waals surface area contributed by atoms with Crippen molar-refractivity contribution in [3.63, 3.8) is 0 Å². The highest BCUT2D eigenvalue weighted by atomic mass is 31.1. The average Bonchev–Trinajstić information content (AvgIpc) is 2.09. The lowest BCUT2D eigenvalue weighted by Crippen LogP contribution is -1.90. The van der Waals surface area contributed by atoms with Crippen LogP contribution in [0, 0.1) is 0 Å². The molecule has 0 spiro atoms. The maximum absolute atomic E-state index is 11.0. The third-order valence-electron chi connectivity index (χ3n) is 1.38. The highest BCUT2D eigenvalue weighted by molar-refractivity contribution is 7.39. The van der Waals surface area contributed by atoms with Crippen molar-refractivity contribution in [1.29, 1.82) is 0 Å². The molecule has 12 heavy (non-hydrogen) atoms. The molecule has 1 aromatic rings. The predicted molar refractivity (Wildman–Crippen MR) is 49.6 cm³/mol. The van der Waals surface area contributed by atoms with Crippen molar-refractivity contribution in [1.82, 2.24) is 0 Å². The number of hydrogen-bond donors (Lipinski definition) is 1. The summed E-state index contributed by atoms with van der Waals surface area (Å²) in [5.41, 5.74) is 6.09. The minimum Gasteiger partial charge on any atom is -0.396 e. The van der Waals surface area contributed by atoms with E-state index in [4.69, 9.17) is 10.3 Å². The van der Waals surface area contributed by atoms with Crippen molar-refractivity contribution in [2.45, 2.75) is 6.92 Å². The van der Waals surface area contributed by atoms with E-state index >= 15 is 0 Å². The lowest BCUT2D eigenvalue weighted by molar-refractivity contribution is 0.507. The van der Waals surface area contributed by atoms with Crippen molar-refractivity contribution in [3.05, 3.63) is 24.3 Å². The van der Waals surface area contributed by atoms with E-state index in [1.807, 2.05) is 0 Å². The van der Waals surface area contributed by atoms with Gasteiger partial charge in [-0.05, 0) is 23.6 Å². The van der Waals surface area contributed by atoms with E-state index < -0.39 is 8.03 Å². The molecule has 3 nitrogen and oxygen atoms in total. The smallest absolute Gasteiger partial charge is 0.396 e. The van der Waals surface area contributed by atoms with E-state index in [1.165, 1.54) is 0 Å². The second-order valence-electron chi connectivity index (χ2n) is 2.28. The summed E-state index contributed by atoms with van der Waals surface area (Å²) in [6.07, 6.45) is 0.504. The first-order valence-electron chi connectivity index (χ1n) is 3.71. The Morgan fingerprint density at radius 2 is 2.17 bits per heavy atom. The van der Waals surface area contributed by atoms with Crippen LogP contribution >= 0.6 is 8.03 Å². The Balaban J connectivity index is 2.75. The third-order valence-corrected chi connectivity index (χ3v) is 2.29. The monoisotopic (exact) mass is 184 g/mol. The quantitative estimate of drug-likeness (QED) is 0.579. The fraction of sp³-hybridized carbons (Fsp3) is 0.250. The Hall–Kier alpha value is -1.08. The Morgan fingerprint density at radius 3 is 2.75 bits per heavy atom. The zero-order chi connectivity index (χ0) is 8.97. The third kappa shape index (κ3) is 2.21. The van der Waals surface area contributed by atoms with Crippen LogP contribution in [0.25, 0.3) is 0 Å². The Morgan fingerprint density at radius 1 is 1.50 bits per heavy atom. The van der Waals surface area contributed by atoms with E-state index in [1.54, 1.807) is 31.2 Å². The minimum atomic E-state index is -1.60. The Kier molecular flexibility index (Phi) is 3.06. The van der Waals surface area contributed by atoms with Gasteiger partial charge in [0.2, 0.25) is 5.75 Å². The summed E-state index contributed by atoms with van der Waals surface area (Å²) in [6.45, 7) is 1.80. The first-order chi connectivity index (χ1) is 5.74. The molecule has 0 saturated heterocycles. The summed E-state index contributed by atoms with van der Waals surface area (Å²) in [4.78, 5) is 0. The second-order valence-corrected chi connectivity index (χ2v) is 3.76. The van der Waals surface area contributed by atoms with Gasteiger partial charge in [-0.3, -0.25) is 4.52 Å². The Bertz CT molecular complexity index is 288. The summed E-state index contributed by atoms with van der Waals surface area (Å²) in [5, 5.41) is 0. The largest absolute Gasteiger partial charge is 0.555 e. The molecule has 64 valence electrons. The van der Waals surface area contributed by atoms with Gasteiger partial charge in [0.1, 0.15) is 0 Å². The van der Waals surface area contributed by atoms with E-state index in [0.29, 0.717) is 17.6 Å². The zero-order valence-electron chi connectivity index (χ0n) is 6.86. The van der Waals surface area contributed by atoms with Gasteiger partial charge in [0.05, 0.1) is 5.69 Å². The van der Waals surface area contributed by atoms with Gasteiger partial charge >= 0.3 is 8.03 Å².